The summed E-state index contributed by atoms with van der Waals surface area (Å²) in [5.41, 5.74) is 0. The second kappa shape index (κ2) is 11.2. The van der Waals surface area contributed by atoms with Crippen LogP contribution in [0.25, 0.3) is 0 Å². The first-order chi connectivity index (χ1) is 12.7. The summed E-state index contributed by atoms with van der Waals surface area (Å²) in [6, 6.07) is 5.05. The van der Waals surface area contributed by atoms with Crippen molar-refractivity contribution in [3.8, 4) is 0 Å². The molecule has 0 aliphatic carbocycles. The number of thiophene rings is 1. The summed E-state index contributed by atoms with van der Waals surface area (Å²) in [6.45, 7) is 6.73. The van der Waals surface area contributed by atoms with Gasteiger partial charge in [-0.2, -0.15) is 0 Å². The molecular weight excluding hydrogens is 473 g/mol. The third kappa shape index (κ3) is 6.05. The number of halogens is 1. The summed E-state index contributed by atoms with van der Waals surface area (Å²) in [4.78, 5) is 22.2. The molecule has 0 spiro atoms. The van der Waals surface area contributed by atoms with Crippen molar-refractivity contribution in [1.29, 1.82) is 0 Å². The molecule has 1 aromatic rings. The van der Waals surface area contributed by atoms with Gasteiger partial charge in [0, 0.05) is 44.0 Å². The zero-order valence-electron chi connectivity index (χ0n) is 16.3. The van der Waals surface area contributed by atoms with Crippen molar-refractivity contribution < 1.29 is 4.79 Å². The van der Waals surface area contributed by atoms with Crippen molar-refractivity contribution in [1.82, 2.24) is 20.4 Å². The fraction of sp³-hybridized carbons (Fsp3) is 0.684. The van der Waals surface area contributed by atoms with Crippen molar-refractivity contribution in [2.45, 2.75) is 44.7 Å². The number of hydrogen-bond acceptors (Lipinski definition) is 4. The van der Waals surface area contributed by atoms with Crippen LogP contribution in [0, 0.1) is 0 Å². The lowest BCUT2D eigenvalue weighted by Gasteiger charge is -2.28. The van der Waals surface area contributed by atoms with E-state index in [2.05, 4.69) is 38.0 Å². The molecule has 2 unspecified atom stereocenters. The number of nitrogens with one attached hydrogen (secondary N) is 2. The molecule has 6 nitrogen and oxygen atoms in total. The molecule has 8 heteroatoms. The molecule has 0 bridgehead atoms. The van der Waals surface area contributed by atoms with Crippen molar-refractivity contribution in [3.05, 3.63) is 22.4 Å². The third-order valence-corrected chi connectivity index (χ3v) is 6.30. The molecule has 2 aliphatic heterocycles. The van der Waals surface area contributed by atoms with Crippen LogP contribution in [-0.2, 0) is 4.79 Å². The van der Waals surface area contributed by atoms with Gasteiger partial charge in [-0.1, -0.05) is 13.0 Å². The van der Waals surface area contributed by atoms with Gasteiger partial charge in [0.1, 0.15) is 0 Å². The van der Waals surface area contributed by atoms with Crippen LogP contribution in [0.4, 0.5) is 0 Å². The molecular formula is C19H32IN5OS. The highest BCUT2D eigenvalue weighted by molar-refractivity contribution is 14.0. The number of carbonyl (C=O) groups is 1. The van der Waals surface area contributed by atoms with Crippen LogP contribution in [-0.4, -0.2) is 67.5 Å². The molecule has 1 aromatic heterocycles. The van der Waals surface area contributed by atoms with E-state index in [0.29, 0.717) is 12.5 Å². The first-order valence-corrected chi connectivity index (χ1v) is 10.6. The molecule has 27 heavy (non-hydrogen) atoms. The maximum atomic E-state index is 11.9. The van der Waals surface area contributed by atoms with Crippen LogP contribution < -0.4 is 10.6 Å². The van der Waals surface area contributed by atoms with E-state index in [4.69, 9.17) is 0 Å². The van der Waals surface area contributed by atoms with E-state index in [0.717, 1.165) is 32.0 Å². The Bertz CT molecular complexity index is 603. The standard InChI is InChI=1S/C19H31N5OS.HI/c1-3-18(25)24-11-8-15(14-24)22-19(20-2)21-13-16(17-7-6-12-26-17)23-9-4-5-10-23;/h6-7,12,15-16H,3-5,8-11,13-14H2,1-2H3,(H2,20,21,22);1H. The van der Waals surface area contributed by atoms with E-state index in [9.17, 15) is 4.79 Å². The number of carbonyl (C=O) groups excluding carboxylic acids is 1. The first kappa shape index (κ1) is 22.4. The fourth-order valence-electron chi connectivity index (χ4n) is 3.85. The molecule has 3 heterocycles. The Morgan fingerprint density at radius 2 is 2.15 bits per heavy atom. The highest BCUT2D eigenvalue weighted by Crippen LogP contribution is 2.27. The van der Waals surface area contributed by atoms with Gasteiger partial charge in [0.05, 0.1) is 6.04 Å². The Balaban J connectivity index is 0.00000261. The van der Waals surface area contributed by atoms with E-state index in [1.165, 1.54) is 30.8 Å². The molecule has 3 rings (SSSR count). The van der Waals surface area contributed by atoms with Gasteiger partial charge >= 0.3 is 0 Å². The monoisotopic (exact) mass is 505 g/mol. The van der Waals surface area contributed by atoms with Gasteiger partial charge in [0.25, 0.3) is 0 Å². The minimum absolute atomic E-state index is 0. The summed E-state index contributed by atoms with van der Waals surface area (Å²) in [5.74, 6) is 1.07. The molecule has 0 radical (unpaired) electrons. The van der Waals surface area contributed by atoms with Gasteiger partial charge in [-0.25, -0.2) is 0 Å². The second-order valence-corrected chi connectivity index (χ2v) is 8.03. The lowest BCUT2D eigenvalue weighted by molar-refractivity contribution is -0.129. The zero-order chi connectivity index (χ0) is 18.4. The zero-order valence-corrected chi connectivity index (χ0v) is 19.5. The molecule has 2 fully saturated rings. The van der Waals surface area contributed by atoms with E-state index < -0.39 is 0 Å². The molecule has 152 valence electrons. The molecule has 0 aromatic carbocycles. The lowest BCUT2D eigenvalue weighted by Crippen LogP contribution is -2.47. The van der Waals surface area contributed by atoms with Crippen molar-refractivity contribution in [3.63, 3.8) is 0 Å². The first-order valence-electron chi connectivity index (χ1n) is 9.73. The second-order valence-electron chi connectivity index (χ2n) is 7.05. The number of amides is 1. The summed E-state index contributed by atoms with van der Waals surface area (Å²) in [7, 11) is 1.81. The van der Waals surface area contributed by atoms with E-state index in [1.54, 1.807) is 0 Å². The Morgan fingerprint density at radius 3 is 2.78 bits per heavy atom. The van der Waals surface area contributed by atoms with Crippen LogP contribution in [0.5, 0.6) is 0 Å². The van der Waals surface area contributed by atoms with Crippen LogP contribution in [0.15, 0.2) is 22.5 Å². The Hall–Kier alpha value is -0.870. The summed E-state index contributed by atoms with van der Waals surface area (Å²) in [6.07, 6.45) is 4.14. The van der Waals surface area contributed by atoms with Gasteiger partial charge in [0.2, 0.25) is 5.91 Å². The van der Waals surface area contributed by atoms with Crippen LogP contribution >= 0.6 is 35.3 Å². The molecule has 1 amide bonds. The average molecular weight is 505 g/mol. The Kier molecular flexibility index (Phi) is 9.31. The Morgan fingerprint density at radius 1 is 1.37 bits per heavy atom. The van der Waals surface area contributed by atoms with E-state index in [-0.39, 0.29) is 35.9 Å². The van der Waals surface area contributed by atoms with Gasteiger partial charge in [0.15, 0.2) is 5.96 Å². The van der Waals surface area contributed by atoms with E-state index in [1.807, 2.05) is 30.2 Å². The topological polar surface area (TPSA) is 60.0 Å². The SMILES string of the molecule is CCC(=O)N1CCC(NC(=NC)NCC(c2cccs2)N2CCCC2)C1.I. The summed E-state index contributed by atoms with van der Waals surface area (Å²) in [5, 5.41) is 9.17. The van der Waals surface area contributed by atoms with Crippen LogP contribution in [0.1, 0.15) is 43.5 Å². The number of guanidine groups is 1. The summed E-state index contributed by atoms with van der Waals surface area (Å²) >= 11 is 1.83. The lowest BCUT2D eigenvalue weighted by atomic mass is 10.2. The predicted octanol–water partition coefficient (Wildman–Crippen LogP) is 2.68. The highest BCUT2D eigenvalue weighted by Gasteiger charge is 2.27. The molecule has 2 N–H and O–H groups in total. The normalized spacial score (nSPS) is 21.8. The number of nitrogens with zero attached hydrogens (tertiary/aromatic N) is 3. The smallest absolute Gasteiger partial charge is 0.222 e. The van der Waals surface area contributed by atoms with Gasteiger partial charge < -0.3 is 15.5 Å². The predicted molar refractivity (Wildman–Crippen MR) is 123 cm³/mol. The molecule has 2 aliphatic rings. The number of aliphatic imine (C=N–C) groups is 1. The largest absolute Gasteiger partial charge is 0.354 e. The maximum Gasteiger partial charge on any atom is 0.222 e. The number of rotatable bonds is 6. The number of likely N-dealkylation sites (tertiary alicyclic amines) is 2. The van der Waals surface area contributed by atoms with Gasteiger partial charge in [-0.05, 0) is 43.8 Å². The Labute approximate surface area is 183 Å². The van der Waals surface area contributed by atoms with Crippen molar-refractivity contribution in [2.24, 2.45) is 4.99 Å². The molecule has 0 saturated carbocycles. The van der Waals surface area contributed by atoms with E-state index >= 15 is 0 Å². The van der Waals surface area contributed by atoms with Gasteiger partial charge in [-0.15, -0.1) is 35.3 Å². The van der Waals surface area contributed by atoms with Crippen molar-refractivity contribution in [2.75, 3.05) is 39.8 Å². The minimum atomic E-state index is 0. The highest BCUT2D eigenvalue weighted by atomic mass is 127. The minimum Gasteiger partial charge on any atom is -0.354 e. The quantitative estimate of drug-likeness (QED) is 0.355. The molecule has 2 atom stereocenters. The molecule has 2 saturated heterocycles. The average Bonchev–Trinajstić information content (AvgIpc) is 3.42. The van der Waals surface area contributed by atoms with Crippen LogP contribution in [0.3, 0.4) is 0 Å². The fourth-order valence-corrected chi connectivity index (χ4v) is 4.71. The van der Waals surface area contributed by atoms with Gasteiger partial charge in [-0.3, -0.25) is 14.7 Å². The maximum absolute atomic E-state index is 11.9. The number of hydrogen-bond donors (Lipinski definition) is 2. The van der Waals surface area contributed by atoms with Crippen LogP contribution in [0.2, 0.25) is 0 Å². The summed E-state index contributed by atoms with van der Waals surface area (Å²) < 4.78 is 0. The van der Waals surface area contributed by atoms with Crippen molar-refractivity contribution >= 4 is 47.2 Å². The third-order valence-electron chi connectivity index (χ3n) is 5.32.